The number of likely N-dealkylation sites (N-methyl/N-ethyl adjacent to an activating group) is 1. The smallest absolute Gasteiger partial charge is 0.242 e. The third-order valence-electron chi connectivity index (χ3n) is 4.90. The third-order valence-corrected chi connectivity index (χ3v) is 5.27. The molecule has 0 aliphatic carbocycles. The van der Waals surface area contributed by atoms with Gasteiger partial charge in [0.25, 0.3) is 0 Å². The first kappa shape index (κ1) is 22.0. The van der Waals surface area contributed by atoms with Crippen molar-refractivity contribution in [2.24, 2.45) is 0 Å². The van der Waals surface area contributed by atoms with Crippen molar-refractivity contribution in [1.29, 1.82) is 0 Å². The molecule has 2 aromatic carbocycles. The largest absolute Gasteiger partial charge is 0.355 e. The van der Waals surface area contributed by atoms with E-state index in [2.05, 4.69) is 5.32 Å². The molecule has 0 fully saturated rings. The summed E-state index contributed by atoms with van der Waals surface area (Å²) >= 11 is 6.23. The highest BCUT2D eigenvalue weighted by atomic mass is 35.5. The Hall–Kier alpha value is -2.33. The van der Waals surface area contributed by atoms with Gasteiger partial charge >= 0.3 is 0 Å². The number of carbonyl (C=O) groups excluding carboxylic acids is 2. The average molecular weight is 401 g/mol. The quantitative estimate of drug-likeness (QED) is 0.672. The van der Waals surface area contributed by atoms with Crippen LogP contribution in [0.15, 0.2) is 48.5 Å². The maximum atomic E-state index is 13.2. The summed E-state index contributed by atoms with van der Waals surface area (Å²) in [6.07, 6.45) is 1.43. The van der Waals surface area contributed by atoms with Crippen molar-refractivity contribution in [3.8, 4) is 0 Å². The summed E-state index contributed by atoms with van der Waals surface area (Å²) in [7, 11) is 0. The van der Waals surface area contributed by atoms with Gasteiger partial charge in [-0.15, -0.1) is 0 Å². The van der Waals surface area contributed by atoms with Crippen LogP contribution in [-0.4, -0.2) is 29.3 Å². The Labute approximate surface area is 172 Å². The van der Waals surface area contributed by atoms with Crippen molar-refractivity contribution >= 4 is 23.4 Å². The topological polar surface area (TPSA) is 49.4 Å². The van der Waals surface area contributed by atoms with Gasteiger partial charge in [0.1, 0.15) is 6.04 Å². The molecule has 0 spiro atoms. The van der Waals surface area contributed by atoms with Crippen LogP contribution in [0.3, 0.4) is 0 Å². The maximum Gasteiger partial charge on any atom is 0.242 e. The third kappa shape index (κ3) is 5.83. The summed E-state index contributed by atoms with van der Waals surface area (Å²) < 4.78 is 0. The maximum absolute atomic E-state index is 13.2. The lowest BCUT2D eigenvalue weighted by atomic mass is 10.0. The van der Waals surface area contributed by atoms with Gasteiger partial charge in [-0.05, 0) is 49.4 Å². The molecule has 150 valence electrons. The first-order valence-electron chi connectivity index (χ1n) is 9.83. The molecule has 0 aliphatic rings. The molecule has 0 radical (unpaired) electrons. The second-order valence-electron chi connectivity index (χ2n) is 6.86. The van der Waals surface area contributed by atoms with Crippen LogP contribution in [0.25, 0.3) is 0 Å². The number of carbonyl (C=O) groups is 2. The summed E-state index contributed by atoms with van der Waals surface area (Å²) in [6.45, 7) is 6.81. The molecule has 0 saturated heterocycles. The van der Waals surface area contributed by atoms with E-state index in [1.807, 2.05) is 69.3 Å². The predicted octanol–water partition coefficient (Wildman–Crippen LogP) is 4.52. The zero-order chi connectivity index (χ0) is 20.5. The van der Waals surface area contributed by atoms with Gasteiger partial charge in [0.2, 0.25) is 11.8 Å². The standard InChI is InChI=1S/C23H29ClN2O2/c1-4-21(23(28)25-5-2)26(16-19-12-7-6-10-17(19)3)22(27)15-14-18-11-8-9-13-20(18)24/h6-13,21H,4-5,14-16H2,1-3H3,(H,25,28). The van der Waals surface area contributed by atoms with E-state index in [1.54, 1.807) is 4.90 Å². The van der Waals surface area contributed by atoms with Crippen molar-refractivity contribution in [3.63, 3.8) is 0 Å². The lowest BCUT2D eigenvalue weighted by Gasteiger charge is -2.31. The summed E-state index contributed by atoms with van der Waals surface area (Å²) in [6, 6.07) is 15.0. The molecule has 2 aromatic rings. The van der Waals surface area contributed by atoms with Gasteiger partial charge in [-0.1, -0.05) is 61.0 Å². The summed E-state index contributed by atoms with van der Waals surface area (Å²) in [5.41, 5.74) is 3.10. The Morgan fingerprint density at radius 3 is 2.29 bits per heavy atom. The van der Waals surface area contributed by atoms with Crippen LogP contribution in [0.1, 0.15) is 43.4 Å². The van der Waals surface area contributed by atoms with Gasteiger partial charge in [0, 0.05) is 24.5 Å². The van der Waals surface area contributed by atoms with Crippen molar-refractivity contribution < 1.29 is 9.59 Å². The van der Waals surface area contributed by atoms with Gasteiger partial charge in [0.05, 0.1) is 0 Å². The van der Waals surface area contributed by atoms with Crippen LogP contribution in [-0.2, 0) is 22.6 Å². The molecule has 4 nitrogen and oxygen atoms in total. The fourth-order valence-electron chi connectivity index (χ4n) is 3.27. The van der Waals surface area contributed by atoms with Crippen LogP contribution in [0, 0.1) is 6.92 Å². The van der Waals surface area contributed by atoms with E-state index in [1.165, 1.54) is 0 Å². The van der Waals surface area contributed by atoms with E-state index in [0.717, 1.165) is 16.7 Å². The summed E-state index contributed by atoms with van der Waals surface area (Å²) in [5, 5.41) is 3.52. The second kappa shape index (κ2) is 10.9. The molecule has 5 heteroatoms. The minimum atomic E-state index is -0.488. The van der Waals surface area contributed by atoms with E-state index in [-0.39, 0.29) is 11.8 Å². The zero-order valence-corrected chi connectivity index (χ0v) is 17.6. The Kier molecular flexibility index (Phi) is 8.52. The molecular weight excluding hydrogens is 372 g/mol. The van der Waals surface area contributed by atoms with Gasteiger partial charge in [-0.2, -0.15) is 0 Å². The highest BCUT2D eigenvalue weighted by Gasteiger charge is 2.28. The van der Waals surface area contributed by atoms with E-state index in [0.29, 0.717) is 37.4 Å². The highest BCUT2D eigenvalue weighted by Crippen LogP contribution is 2.20. The minimum Gasteiger partial charge on any atom is -0.355 e. The van der Waals surface area contributed by atoms with E-state index in [4.69, 9.17) is 11.6 Å². The molecule has 1 unspecified atom stereocenters. The number of aryl methyl sites for hydroxylation is 2. The van der Waals surface area contributed by atoms with Gasteiger partial charge in [-0.25, -0.2) is 0 Å². The normalized spacial score (nSPS) is 11.7. The van der Waals surface area contributed by atoms with Crippen molar-refractivity contribution in [2.45, 2.75) is 52.6 Å². The SMILES string of the molecule is CCNC(=O)C(CC)N(Cc1ccccc1C)C(=O)CCc1ccccc1Cl. The van der Waals surface area contributed by atoms with Gasteiger partial charge in [0.15, 0.2) is 0 Å². The average Bonchev–Trinajstić information content (AvgIpc) is 2.68. The number of rotatable bonds is 9. The molecule has 2 rings (SSSR count). The predicted molar refractivity (Wildman–Crippen MR) is 114 cm³/mol. The fraction of sp³-hybridized carbons (Fsp3) is 0.391. The molecule has 1 atom stereocenters. The Morgan fingerprint density at radius 1 is 1.04 bits per heavy atom. The van der Waals surface area contributed by atoms with Crippen molar-refractivity contribution in [3.05, 3.63) is 70.2 Å². The molecule has 0 saturated carbocycles. The first-order chi connectivity index (χ1) is 13.5. The zero-order valence-electron chi connectivity index (χ0n) is 16.9. The number of hydrogen-bond donors (Lipinski definition) is 1. The number of halogens is 1. The van der Waals surface area contributed by atoms with Crippen LogP contribution in [0.4, 0.5) is 0 Å². The minimum absolute atomic E-state index is 0.0405. The summed E-state index contributed by atoms with van der Waals surface area (Å²) in [5.74, 6) is -0.147. The van der Waals surface area contributed by atoms with Crippen LogP contribution < -0.4 is 5.32 Å². The lowest BCUT2D eigenvalue weighted by Crippen LogP contribution is -2.49. The molecule has 2 amide bonds. The number of amides is 2. The van der Waals surface area contributed by atoms with E-state index >= 15 is 0 Å². The number of benzene rings is 2. The molecule has 28 heavy (non-hydrogen) atoms. The van der Waals surface area contributed by atoms with E-state index < -0.39 is 6.04 Å². The van der Waals surface area contributed by atoms with Crippen LogP contribution in [0.5, 0.6) is 0 Å². The molecule has 0 aromatic heterocycles. The molecule has 1 N–H and O–H groups in total. The van der Waals surface area contributed by atoms with Crippen LogP contribution >= 0.6 is 11.6 Å². The monoisotopic (exact) mass is 400 g/mol. The molecular formula is C23H29ClN2O2. The fourth-order valence-corrected chi connectivity index (χ4v) is 3.50. The lowest BCUT2D eigenvalue weighted by molar-refractivity contribution is -0.141. The second-order valence-corrected chi connectivity index (χ2v) is 7.27. The van der Waals surface area contributed by atoms with Crippen molar-refractivity contribution in [2.75, 3.05) is 6.54 Å². The Bertz CT molecular complexity index is 807. The van der Waals surface area contributed by atoms with Gasteiger partial charge < -0.3 is 10.2 Å². The molecule has 0 bridgehead atoms. The van der Waals surface area contributed by atoms with Crippen LogP contribution in [0.2, 0.25) is 5.02 Å². The first-order valence-corrected chi connectivity index (χ1v) is 10.2. The Balaban J connectivity index is 2.23. The number of nitrogens with one attached hydrogen (secondary N) is 1. The Morgan fingerprint density at radius 2 is 1.68 bits per heavy atom. The number of nitrogens with zero attached hydrogens (tertiary/aromatic N) is 1. The van der Waals surface area contributed by atoms with Crippen molar-refractivity contribution in [1.82, 2.24) is 10.2 Å². The number of hydrogen-bond acceptors (Lipinski definition) is 2. The van der Waals surface area contributed by atoms with Gasteiger partial charge in [-0.3, -0.25) is 9.59 Å². The molecule has 0 heterocycles. The summed E-state index contributed by atoms with van der Waals surface area (Å²) in [4.78, 5) is 27.5. The van der Waals surface area contributed by atoms with E-state index in [9.17, 15) is 9.59 Å². The molecule has 0 aliphatic heterocycles. The highest BCUT2D eigenvalue weighted by molar-refractivity contribution is 6.31.